The summed E-state index contributed by atoms with van der Waals surface area (Å²) in [4.78, 5) is 10.8. The zero-order valence-electron chi connectivity index (χ0n) is 10.4. The molecule has 0 unspecified atom stereocenters. The Morgan fingerprint density at radius 3 is 2.19 bits per heavy atom. The summed E-state index contributed by atoms with van der Waals surface area (Å²) in [6.07, 6.45) is 7.50. The molecule has 1 aromatic heterocycles. The minimum absolute atomic E-state index is 0. The zero-order chi connectivity index (χ0) is 12.2. The maximum absolute atomic E-state index is 10.8. The van der Waals surface area contributed by atoms with Crippen LogP contribution in [0.2, 0.25) is 0 Å². The van der Waals surface area contributed by atoms with Crippen molar-refractivity contribution in [2.75, 3.05) is 0 Å². The summed E-state index contributed by atoms with van der Waals surface area (Å²) in [5, 5.41) is 12.2. The second-order valence-electron chi connectivity index (χ2n) is 3.51. The highest BCUT2D eigenvalue weighted by Crippen LogP contribution is 2.23. The lowest BCUT2D eigenvalue weighted by atomic mass is 9.87. The smallest absolute Gasteiger partial charge is 0.161 e. The van der Waals surface area contributed by atoms with Gasteiger partial charge in [0.25, 0.3) is 0 Å². The topological polar surface area (TPSA) is 71.5 Å². The average molecular weight is 228 g/mol. The lowest BCUT2D eigenvalue weighted by Crippen LogP contribution is -2.13. The standard InChI is InChI=1S/C8H14O.C2H6.CH2N4.H2/c1-7(9)8-5-3-2-4-6-8;1-2;1-2-4-5-3-1;/h8H,2-6H2,1H3;1-2H3;1H,(H,2,3,4,5);1H. The molecule has 0 radical (unpaired) electrons. The summed E-state index contributed by atoms with van der Waals surface area (Å²) in [7, 11) is 0. The molecule has 1 N–H and O–H groups in total. The van der Waals surface area contributed by atoms with Crippen LogP contribution in [0.1, 0.15) is 54.3 Å². The van der Waals surface area contributed by atoms with Gasteiger partial charge in [-0.05, 0) is 19.8 Å². The molecular weight excluding hydrogens is 204 g/mol. The van der Waals surface area contributed by atoms with Gasteiger partial charge in [0, 0.05) is 7.34 Å². The van der Waals surface area contributed by atoms with E-state index in [1.807, 2.05) is 13.8 Å². The van der Waals surface area contributed by atoms with Crippen LogP contribution in [0, 0.1) is 5.92 Å². The lowest BCUT2D eigenvalue weighted by molar-refractivity contribution is -0.121. The van der Waals surface area contributed by atoms with E-state index in [0.717, 1.165) is 12.8 Å². The predicted molar refractivity (Wildman–Crippen MR) is 64.9 cm³/mol. The molecule has 0 spiro atoms. The second kappa shape index (κ2) is 10.3. The van der Waals surface area contributed by atoms with E-state index in [1.54, 1.807) is 6.92 Å². The molecule has 1 saturated carbocycles. The number of H-pyrrole nitrogens is 1. The van der Waals surface area contributed by atoms with Gasteiger partial charge in [-0.15, -0.1) is 10.2 Å². The van der Waals surface area contributed by atoms with Crippen LogP contribution in [0.5, 0.6) is 0 Å². The highest BCUT2D eigenvalue weighted by atomic mass is 16.1. The molecule has 1 aliphatic rings. The second-order valence-corrected chi connectivity index (χ2v) is 3.51. The van der Waals surface area contributed by atoms with Crippen LogP contribution < -0.4 is 0 Å². The molecule has 1 heterocycles. The zero-order valence-corrected chi connectivity index (χ0v) is 10.4. The molecule has 1 fully saturated rings. The number of nitrogens with one attached hydrogen (secondary N) is 1. The molecule has 0 saturated heterocycles. The Balaban J connectivity index is 0. The van der Waals surface area contributed by atoms with Gasteiger partial charge >= 0.3 is 0 Å². The maximum Gasteiger partial charge on any atom is 0.161 e. The third-order valence-electron chi connectivity index (χ3n) is 2.45. The van der Waals surface area contributed by atoms with Crippen molar-refractivity contribution in [2.24, 2.45) is 5.92 Å². The van der Waals surface area contributed by atoms with Gasteiger partial charge < -0.3 is 0 Å². The largest absolute Gasteiger partial charge is 0.300 e. The molecule has 5 nitrogen and oxygen atoms in total. The van der Waals surface area contributed by atoms with Crippen molar-refractivity contribution in [1.29, 1.82) is 0 Å². The first-order valence-electron chi connectivity index (χ1n) is 5.97. The SMILES string of the molecule is CC.CC(=O)C1CCCCC1.[HH].c1nn[nH]n1. The minimum atomic E-state index is 0. The van der Waals surface area contributed by atoms with E-state index >= 15 is 0 Å². The van der Waals surface area contributed by atoms with Crippen LogP contribution in [0.25, 0.3) is 0 Å². The summed E-state index contributed by atoms with van der Waals surface area (Å²) in [5.74, 6) is 0.813. The van der Waals surface area contributed by atoms with Crippen molar-refractivity contribution in [2.45, 2.75) is 52.9 Å². The highest BCUT2D eigenvalue weighted by Gasteiger charge is 2.16. The number of nitrogens with zero attached hydrogens (tertiary/aromatic N) is 3. The van der Waals surface area contributed by atoms with Gasteiger partial charge in [0.05, 0.1) is 0 Å². The Morgan fingerprint density at radius 2 is 1.94 bits per heavy atom. The van der Waals surface area contributed by atoms with Crippen molar-refractivity contribution in [3.05, 3.63) is 6.33 Å². The van der Waals surface area contributed by atoms with Gasteiger partial charge in [-0.25, -0.2) is 0 Å². The van der Waals surface area contributed by atoms with E-state index in [9.17, 15) is 4.79 Å². The lowest BCUT2D eigenvalue weighted by Gasteiger charge is -2.17. The summed E-state index contributed by atoms with van der Waals surface area (Å²) in [5.41, 5.74) is 0. The van der Waals surface area contributed by atoms with Gasteiger partial charge in [-0.1, -0.05) is 38.3 Å². The molecule has 0 atom stereocenters. The van der Waals surface area contributed by atoms with Crippen molar-refractivity contribution in [3.63, 3.8) is 0 Å². The molecule has 0 aliphatic heterocycles. The van der Waals surface area contributed by atoms with Gasteiger partial charge in [-0.2, -0.15) is 5.21 Å². The van der Waals surface area contributed by atoms with Gasteiger partial charge in [0.2, 0.25) is 0 Å². The first-order valence-corrected chi connectivity index (χ1v) is 5.97. The molecule has 1 aromatic rings. The number of rotatable bonds is 1. The molecule has 0 amide bonds. The maximum atomic E-state index is 10.8. The van der Waals surface area contributed by atoms with E-state index < -0.39 is 0 Å². The van der Waals surface area contributed by atoms with Crippen LogP contribution in [-0.2, 0) is 4.79 Å². The summed E-state index contributed by atoms with van der Waals surface area (Å²) >= 11 is 0. The fraction of sp³-hybridized carbons (Fsp3) is 0.818. The third kappa shape index (κ3) is 7.09. The first-order chi connectivity index (χ1) is 7.80. The van der Waals surface area contributed by atoms with Crippen LogP contribution in [0.15, 0.2) is 6.33 Å². The average Bonchev–Trinajstić information content (AvgIpc) is 2.91. The molecule has 5 heteroatoms. The Bertz CT molecular complexity index is 231. The Morgan fingerprint density at radius 1 is 1.31 bits per heavy atom. The number of carbonyl (C=O) groups excluding carboxylic acids is 1. The summed E-state index contributed by atoms with van der Waals surface area (Å²) < 4.78 is 0. The van der Waals surface area contributed by atoms with Gasteiger partial charge in [0.1, 0.15) is 5.78 Å². The van der Waals surface area contributed by atoms with Gasteiger partial charge in [-0.3, -0.25) is 4.79 Å². The van der Waals surface area contributed by atoms with Crippen LogP contribution >= 0.6 is 0 Å². The Hall–Kier alpha value is -1.26. The van der Waals surface area contributed by atoms with E-state index in [0.29, 0.717) is 11.7 Å². The number of tetrazole rings is 1. The third-order valence-corrected chi connectivity index (χ3v) is 2.45. The Kier molecular flexibility index (Phi) is 9.46. The normalized spacial score (nSPS) is 15.2. The van der Waals surface area contributed by atoms with Crippen molar-refractivity contribution in [1.82, 2.24) is 20.6 Å². The fourth-order valence-corrected chi connectivity index (χ4v) is 1.64. The van der Waals surface area contributed by atoms with E-state index in [-0.39, 0.29) is 1.43 Å². The molecule has 0 bridgehead atoms. The van der Waals surface area contributed by atoms with E-state index in [1.165, 1.54) is 25.6 Å². The molecule has 0 aromatic carbocycles. The minimum Gasteiger partial charge on any atom is -0.300 e. The number of aromatic amines is 1. The number of hydrogen-bond acceptors (Lipinski definition) is 4. The van der Waals surface area contributed by atoms with Gasteiger partial charge in [0.15, 0.2) is 6.33 Å². The van der Waals surface area contributed by atoms with Crippen LogP contribution in [0.4, 0.5) is 0 Å². The quantitative estimate of drug-likeness (QED) is 0.802. The molecular formula is C11H24N4O. The van der Waals surface area contributed by atoms with E-state index in [2.05, 4.69) is 20.6 Å². The fourth-order valence-electron chi connectivity index (χ4n) is 1.64. The van der Waals surface area contributed by atoms with Crippen molar-refractivity contribution < 1.29 is 6.22 Å². The molecule has 94 valence electrons. The van der Waals surface area contributed by atoms with Crippen LogP contribution in [0.3, 0.4) is 0 Å². The number of Topliss-reactive ketones (excluding diaryl/α,β-unsaturated/α-hetero) is 1. The summed E-state index contributed by atoms with van der Waals surface area (Å²) in [6, 6.07) is 0. The number of aromatic nitrogens is 4. The van der Waals surface area contributed by atoms with Crippen molar-refractivity contribution >= 4 is 5.78 Å². The highest BCUT2D eigenvalue weighted by molar-refractivity contribution is 5.78. The Labute approximate surface area is 98.5 Å². The number of carbonyl (C=O) groups is 1. The molecule has 1 aliphatic carbocycles. The predicted octanol–water partition coefficient (Wildman–Crippen LogP) is 2.63. The number of hydrogen-bond donors (Lipinski definition) is 1. The van der Waals surface area contributed by atoms with Crippen LogP contribution in [-0.4, -0.2) is 26.4 Å². The first kappa shape index (κ1) is 14.7. The summed E-state index contributed by atoms with van der Waals surface area (Å²) in [6.45, 7) is 5.72. The van der Waals surface area contributed by atoms with Crippen molar-refractivity contribution in [3.8, 4) is 0 Å². The van der Waals surface area contributed by atoms with E-state index in [4.69, 9.17) is 0 Å². The molecule has 2 rings (SSSR count). The monoisotopic (exact) mass is 228 g/mol. The molecule has 16 heavy (non-hydrogen) atoms. The number of ketones is 1.